The topological polar surface area (TPSA) is 439 Å². The summed E-state index contributed by atoms with van der Waals surface area (Å²) in [7, 11) is -7.93. The summed E-state index contributed by atoms with van der Waals surface area (Å²) in [6, 6.07) is 22.9. The molecule has 3 aromatic carbocycles. The van der Waals surface area contributed by atoms with E-state index in [4.69, 9.17) is 63.5 Å². The largest absolute Gasteiger partial charge is 0.481 e. The lowest BCUT2D eigenvalue weighted by atomic mass is 10.1. The Bertz CT molecular complexity index is 3250. The van der Waals surface area contributed by atoms with Crippen LogP contribution in [0.5, 0.6) is 0 Å². The first kappa shape index (κ1) is 97.8. The van der Waals surface area contributed by atoms with Crippen molar-refractivity contribution in [3.63, 3.8) is 0 Å². The van der Waals surface area contributed by atoms with Crippen molar-refractivity contribution < 1.29 is 119 Å². The summed E-state index contributed by atoms with van der Waals surface area (Å²) in [6.45, 7) is 37.9. The van der Waals surface area contributed by atoms with Gasteiger partial charge in [-0.25, -0.2) is 28.8 Å². The molecule has 3 aromatic rings. The van der Waals surface area contributed by atoms with Crippen LogP contribution in [0.15, 0.2) is 89.8 Å². The van der Waals surface area contributed by atoms with Gasteiger partial charge in [-0.3, -0.25) is 28.5 Å². The van der Waals surface area contributed by atoms with Gasteiger partial charge >= 0.3 is 66.0 Å². The first-order chi connectivity index (χ1) is 47.5. The van der Waals surface area contributed by atoms with E-state index in [1.165, 1.54) is 12.1 Å². The van der Waals surface area contributed by atoms with Gasteiger partial charge in [0.25, 0.3) is 10.1 Å². The van der Waals surface area contributed by atoms with E-state index < -0.39 is 141 Å². The Morgan fingerprint density at radius 3 is 1.03 bits per heavy atom. The van der Waals surface area contributed by atoms with Gasteiger partial charge in [-0.05, 0) is 136 Å². The van der Waals surface area contributed by atoms with Crippen LogP contribution in [0.25, 0.3) is 0 Å². The zero-order valence-corrected chi connectivity index (χ0v) is 67.9. The van der Waals surface area contributed by atoms with E-state index in [1.807, 2.05) is 67.6 Å². The van der Waals surface area contributed by atoms with E-state index >= 15 is 0 Å². The van der Waals surface area contributed by atoms with E-state index in [2.05, 4.69) is 74.9 Å². The molecule has 9 N–H and O–H groups in total. The van der Waals surface area contributed by atoms with Crippen molar-refractivity contribution in [3.8, 4) is 0 Å². The minimum atomic E-state index is -4.02. The van der Waals surface area contributed by atoms with Crippen LogP contribution in [-0.4, -0.2) is 179 Å². The summed E-state index contributed by atoms with van der Waals surface area (Å²) < 4.78 is 70.7. The number of benzene rings is 3. The lowest BCUT2D eigenvalue weighted by Gasteiger charge is -2.23. The van der Waals surface area contributed by atoms with Crippen molar-refractivity contribution in [2.45, 2.75) is 257 Å². The molecule has 0 aliphatic carbocycles. The molecular formula is C71H116N4O25SSi3. The zero-order chi connectivity index (χ0) is 80.5. The number of carboxylic acid groups (broad SMARTS) is 3. The number of aliphatic carboxylic acids is 3. The molecule has 0 aromatic heterocycles. The maximum Gasteiger partial charge on any atom is 0.408 e. The molecule has 4 atom stereocenters. The SMILES string of the molecule is CC(C)(C)OC(=O)N[C@@H](CCC(=O)O)C(=O)OCC[Si](C)(C)C.CC(C)(C)OC(=O)N[C@@H](CCC(=O)OCc1ccccc1)C(=O)O.CC(C)(C)OC(=O)N[C@@H](CCC(=O)OCc1ccccc1)C(=O)OCC[Si](C)(C)C.C[Si](C)(C)CCOC(=O)[C@@H](N)CCC(=O)O.Cc1ccc(S(=O)(=O)O)cc1. The Morgan fingerprint density at radius 2 is 0.731 bits per heavy atom. The van der Waals surface area contributed by atoms with Crippen molar-refractivity contribution in [1.29, 1.82) is 0 Å². The van der Waals surface area contributed by atoms with Gasteiger partial charge < -0.3 is 74.9 Å². The van der Waals surface area contributed by atoms with Crippen LogP contribution in [0.4, 0.5) is 14.4 Å². The van der Waals surface area contributed by atoms with Crippen LogP contribution in [0, 0.1) is 6.92 Å². The Balaban J connectivity index is 0. The Hall–Kier alpha value is -8.25. The smallest absolute Gasteiger partial charge is 0.408 e. The fourth-order valence-corrected chi connectivity index (χ4v) is 9.93. The molecule has 3 amide bonds. The van der Waals surface area contributed by atoms with E-state index in [0.29, 0.717) is 13.2 Å². The number of amides is 3. The van der Waals surface area contributed by atoms with Crippen molar-refractivity contribution in [1.82, 2.24) is 16.0 Å². The first-order valence-corrected chi connectivity index (χ1v) is 46.4. The number of hydrogen-bond acceptors (Lipinski definition) is 22. The maximum atomic E-state index is 12.5. The quantitative estimate of drug-likeness (QED) is 0.0121. The zero-order valence-electron chi connectivity index (χ0n) is 64.1. The normalized spacial score (nSPS) is 12.6. The van der Waals surface area contributed by atoms with Gasteiger partial charge in [-0.2, -0.15) is 8.42 Å². The lowest BCUT2D eigenvalue weighted by molar-refractivity contribution is -0.149. The molecule has 0 saturated carbocycles. The van der Waals surface area contributed by atoms with E-state index in [-0.39, 0.29) is 76.1 Å². The van der Waals surface area contributed by atoms with Crippen LogP contribution < -0.4 is 21.7 Å². The summed E-state index contributed by atoms with van der Waals surface area (Å²) in [5.41, 5.74) is 6.02. The number of ether oxygens (including phenoxy) is 8. The molecule has 0 saturated heterocycles. The second kappa shape index (κ2) is 48.0. The number of nitrogens with two attached hydrogens (primary N) is 1. The predicted octanol–water partition coefficient (Wildman–Crippen LogP) is 11.7. The highest BCUT2D eigenvalue weighted by molar-refractivity contribution is 7.85. The molecular weight excluding hydrogens is 1430 g/mol. The number of carbonyl (C=O) groups is 11. The molecule has 0 spiro atoms. The molecule has 104 heavy (non-hydrogen) atoms. The van der Waals surface area contributed by atoms with Gasteiger partial charge in [-0.1, -0.05) is 137 Å². The third-order valence-corrected chi connectivity index (χ3v) is 18.9. The summed E-state index contributed by atoms with van der Waals surface area (Å²) in [6.07, 6.45) is -2.78. The minimum absolute atomic E-state index is 0.0313. The van der Waals surface area contributed by atoms with Crippen LogP contribution in [0.1, 0.15) is 130 Å². The number of alkyl carbamates (subject to hydrolysis) is 3. The van der Waals surface area contributed by atoms with E-state index in [0.717, 1.165) is 34.8 Å². The standard InChI is InChI=1S/C22H35NO6Si.C17H23NO6.C15H29NO6Si.C10H21NO4Si.C7H8O3S/c1-22(2,3)29-21(26)23-18(20(25)27-14-15-30(4,5)6)12-13-19(24)28-16-17-10-8-7-9-11-17;1-17(2,3)24-16(22)18-13(15(20)21)9-10-14(19)23-11-12-7-5-4-6-8-12;1-15(2,3)22-14(20)16-11(7-8-12(17)18)13(19)21-9-10-23(4,5)6;1-16(2,3)7-6-15-10(14)8(11)4-5-9(12)13;1-6-2-4-7(5-3-6)11(8,9)10/h7-11,18H,12-16H2,1-6H3,(H,23,26);4-8,13H,9-11H2,1-3H3,(H,18,22)(H,20,21);11H,7-10H2,1-6H3,(H,16,20)(H,17,18);8H,4-7,11H2,1-3H3,(H,12,13);2-5H,1H3,(H,8,9,10)/t18-;13-;11-;8-;/m0000./s1. The highest BCUT2D eigenvalue weighted by Crippen LogP contribution is 2.16. The Morgan fingerprint density at radius 1 is 0.433 bits per heavy atom. The summed E-state index contributed by atoms with van der Waals surface area (Å²) in [4.78, 5) is 127. The summed E-state index contributed by atoms with van der Waals surface area (Å²) in [5, 5.41) is 33.4. The van der Waals surface area contributed by atoms with Crippen LogP contribution >= 0.6 is 0 Å². The molecule has 0 heterocycles. The van der Waals surface area contributed by atoms with Gasteiger partial charge in [0.05, 0.1) is 24.7 Å². The van der Waals surface area contributed by atoms with Crippen LogP contribution in [0.2, 0.25) is 77.1 Å². The third kappa shape index (κ3) is 58.2. The number of carboxylic acids is 3. The molecule has 0 aliphatic rings. The fraction of sp³-hybridized carbons (Fsp3) is 0.592. The molecule has 3 rings (SSSR count). The average molecular weight is 1540 g/mol. The maximum absolute atomic E-state index is 12.5. The number of esters is 5. The molecule has 0 aliphatic heterocycles. The Labute approximate surface area is 616 Å². The second-order valence-corrected chi connectivity index (χ2v) is 48.8. The number of carbonyl (C=O) groups excluding carboxylic acids is 8. The molecule has 0 unspecified atom stereocenters. The van der Waals surface area contributed by atoms with Gasteiger partial charge in [0.2, 0.25) is 0 Å². The minimum Gasteiger partial charge on any atom is -0.481 e. The Kier molecular flexibility index (Phi) is 45.1. The highest BCUT2D eigenvalue weighted by atomic mass is 32.2. The van der Waals surface area contributed by atoms with E-state index in [1.54, 1.807) is 74.4 Å². The lowest BCUT2D eigenvalue weighted by Crippen LogP contribution is -2.44. The number of nitrogens with one attached hydrogen (secondary N) is 3. The summed E-state index contributed by atoms with van der Waals surface area (Å²) in [5.74, 6) is -5.93. The summed E-state index contributed by atoms with van der Waals surface area (Å²) >= 11 is 0. The molecule has 588 valence electrons. The number of rotatable bonds is 33. The van der Waals surface area contributed by atoms with Crippen LogP contribution in [0.3, 0.4) is 0 Å². The van der Waals surface area contributed by atoms with Crippen molar-refractivity contribution >= 4 is 100 Å². The van der Waals surface area contributed by atoms with Gasteiger partial charge in [0.1, 0.15) is 54.2 Å². The first-order valence-electron chi connectivity index (χ1n) is 33.9. The van der Waals surface area contributed by atoms with Crippen molar-refractivity contribution in [3.05, 3.63) is 102 Å². The van der Waals surface area contributed by atoms with Crippen molar-refractivity contribution in [2.75, 3.05) is 19.8 Å². The van der Waals surface area contributed by atoms with Gasteiger partial charge in [-0.15, -0.1) is 0 Å². The molecule has 33 heteroatoms. The number of aryl methyl sites for hydroxylation is 1. The predicted molar refractivity (Wildman–Crippen MR) is 398 cm³/mol. The molecule has 0 radical (unpaired) electrons. The molecule has 0 fully saturated rings. The van der Waals surface area contributed by atoms with Crippen LogP contribution in [-0.2, 0) is 99.6 Å². The second-order valence-electron chi connectivity index (χ2n) is 30.5. The third-order valence-electron chi connectivity index (χ3n) is 12.9. The number of hydrogen-bond donors (Lipinski definition) is 8. The molecule has 0 bridgehead atoms. The monoisotopic (exact) mass is 1540 g/mol. The van der Waals surface area contributed by atoms with Gasteiger partial charge in [0.15, 0.2) is 0 Å². The average Bonchev–Trinajstić information content (AvgIpc) is 0.862. The van der Waals surface area contributed by atoms with E-state index in [9.17, 15) is 61.2 Å². The molecule has 29 nitrogen and oxygen atoms in total. The van der Waals surface area contributed by atoms with Gasteiger partial charge in [0, 0.05) is 49.9 Å². The van der Waals surface area contributed by atoms with Crippen molar-refractivity contribution in [2.24, 2.45) is 5.73 Å². The highest BCUT2D eigenvalue weighted by Gasteiger charge is 2.30. The fourth-order valence-electron chi connectivity index (χ4n) is 7.31.